The number of methoxy groups -OCH3 is 1. The van der Waals surface area contributed by atoms with E-state index in [1.807, 2.05) is 30.3 Å². The number of aromatic nitrogens is 2. The smallest absolute Gasteiger partial charge is 0.341 e. The van der Waals surface area contributed by atoms with E-state index in [1.54, 1.807) is 6.07 Å². The van der Waals surface area contributed by atoms with Crippen LogP contribution in [0.25, 0.3) is 10.9 Å². The van der Waals surface area contributed by atoms with Gasteiger partial charge in [-0.3, -0.25) is 5.10 Å². The molecule has 0 amide bonds. The molecule has 2 N–H and O–H groups in total. The molecule has 0 aliphatic rings. The normalized spacial score (nSPS) is 10.7. The number of carbonyl (C=O) groups is 1. The summed E-state index contributed by atoms with van der Waals surface area (Å²) < 4.78 is 4.67. The van der Waals surface area contributed by atoms with E-state index in [-0.39, 0.29) is 11.3 Å². The molecule has 0 aliphatic heterocycles. The molecule has 5 nitrogen and oxygen atoms in total. The van der Waals surface area contributed by atoms with Gasteiger partial charge in [-0.15, -0.1) is 0 Å². The van der Waals surface area contributed by atoms with Crippen LogP contribution in [0.15, 0.2) is 42.5 Å². The fourth-order valence-corrected chi connectivity index (χ4v) is 2.30. The zero-order chi connectivity index (χ0) is 14.8. The number of phenolic OH excluding ortho intramolecular Hbond substituents is 1. The van der Waals surface area contributed by atoms with Crippen LogP contribution in [0.5, 0.6) is 5.75 Å². The first kappa shape index (κ1) is 13.2. The molecule has 3 rings (SSSR count). The van der Waals surface area contributed by atoms with Crippen molar-refractivity contribution in [2.45, 2.75) is 6.42 Å². The lowest BCUT2D eigenvalue weighted by molar-refractivity contribution is 0.0597. The molecule has 0 saturated heterocycles. The number of esters is 1. The van der Waals surface area contributed by atoms with Crippen molar-refractivity contribution >= 4 is 16.9 Å². The molecular weight excluding hydrogens is 268 g/mol. The van der Waals surface area contributed by atoms with Crippen molar-refractivity contribution in [2.75, 3.05) is 7.11 Å². The number of H-pyrrole nitrogens is 1. The molecule has 1 heterocycles. The van der Waals surface area contributed by atoms with Crippen molar-refractivity contribution in [1.82, 2.24) is 10.2 Å². The standard InChI is InChI=1S/C16H14N2O3/c1-21-16(20)12-8-11-13(7-10-5-3-2-4-6-10)17-18-14(11)9-15(12)19/h2-6,8-9,19H,7H2,1H3,(H,17,18). The van der Waals surface area contributed by atoms with E-state index >= 15 is 0 Å². The van der Waals surface area contributed by atoms with Crippen LogP contribution in [-0.2, 0) is 11.2 Å². The summed E-state index contributed by atoms with van der Waals surface area (Å²) in [6, 6.07) is 13.0. The van der Waals surface area contributed by atoms with Gasteiger partial charge in [-0.1, -0.05) is 30.3 Å². The second-order valence-electron chi connectivity index (χ2n) is 4.74. The van der Waals surface area contributed by atoms with Gasteiger partial charge in [-0.05, 0) is 11.6 Å². The van der Waals surface area contributed by atoms with Crippen LogP contribution >= 0.6 is 0 Å². The molecule has 0 aliphatic carbocycles. The van der Waals surface area contributed by atoms with Gasteiger partial charge in [-0.25, -0.2) is 4.79 Å². The van der Waals surface area contributed by atoms with Gasteiger partial charge < -0.3 is 9.84 Å². The van der Waals surface area contributed by atoms with E-state index in [9.17, 15) is 9.90 Å². The highest BCUT2D eigenvalue weighted by molar-refractivity contribution is 5.98. The molecule has 1 aromatic heterocycles. The van der Waals surface area contributed by atoms with Crippen LogP contribution in [-0.4, -0.2) is 28.4 Å². The lowest BCUT2D eigenvalue weighted by Gasteiger charge is -2.03. The van der Waals surface area contributed by atoms with Crippen molar-refractivity contribution < 1.29 is 14.6 Å². The number of benzene rings is 2. The Morgan fingerprint density at radius 3 is 2.76 bits per heavy atom. The maximum absolute atomic E-state index is 11.7. The van der Waals surface area contributed by atoms with Gasteiger partial charge in [-0.2, -0.15) is 5.10 Å². The molecule has 0 bridgehead atoms. The first-order valence-corrected chi connectivity index (χ1v) is 6.51. The minimum Gasteiger partial charge on any atom is -0.507 e. The van der Waals surface area contributed by atoms with Gasteiger partial charge in [0.05, 0.1) is 18.3 Å². The van der Waals surface area contributed by atoms with Crippen LogP contribution in [0.1, 0.15) is 21.6 Å². The molecule has 0 fully saturated rings. The van der Waals surface area contributed by atoms with Crippen molar-refractivity contribution in [3.05, 3.63) is 59.3 Å². The van der Waals surface area contributed by atoms with E-state index in [2.05, 4.69) is 14.9 Å². The Morgan fingerprint density at radius 2 is 2.05 bits per heavy atom. The number of nitrogens with one attached hydrogen (secondary N) is 1. The summed E-state index contributed by atoms with van der Waals surface area (Å²) in [7, 11) is 1.28. The van der Waals surface area contributed by atoms with Gasteiger partial charge in [0.25, 0.3) is 0 Å². The maximum Gasteiger partial charge on any atom is 0.341 e. The Hall–Kier alpha value is -2.82. The Kier molecular flexibility index (Phi) is 3.31. The Bertz CT molecular complexity index is 794. The van der Waals surface area contributed by atoms with Crippen molar-refractivity contribution in [3.8, 4) is 5.75 Å². The maximum atomic E-state index is 11.7. The van der Waals surface area contributed by atoms with Gasteiger partial charge in [0.15, 0.2) is 0 Å². The molecular formula is C16H14N2O3. The molecule has 0 spiro atoms. The molecule has 0 atom stereocenters. The van der Waals surface area contributed by atoms with Crippen molar-refractivity contribution in [2.24, 2.45) is 0 Å². The van der Waals surface area contributed by atoms with E-state index in [0.29, 0.717) is 11.9 Å². The van der Waals surface area contributed by atoms with Gasteiger partial charge >= 0.3 is 5.97 Å². The summed E-state index contributed by atoms with van der Waals surface area (Å²) in [5, 5.41) is 17.8. The highest BCUT2D eigenvalue weighted by atomic mass is 16.5. The van der Waals surface area contributed by atoms with Gasteiger partial charge in [0, 0.05) is 17.9 Å². The highest BCUT2D eigenvalue weighted by Gasteiger charge is 2.16. The number of hydrogen-bond donors (Lipinski definition) is 2. The first-order chi connectivity index (χ1) is 10.2. The van der Waals surface area contributed by atoms with Crippen LogP contribution in [0, 0.1) is 0 Å². The number of rotatable bonds is 3. The number of aromatic hydroxyl groups is 1. The summed E-state index contributed by atoms with van der Waals surface area (Å²) in [5.74, 6) is -0.689. The predicted molar refractivity (Wildman–Crippen MR) is 78.3 cm³/mol. The second-order valence-corrected chi connectivity index (χ2v) is 4.74. The van der Waals surface area contributed by atoms with E-state index in [4.69, 9.17) is 0 Å². The fourth-order valence-electron chi connectivity index (χ4n) is 2.30. The number of carbonyl (C=O) groups excluding carboxylic acids is 1. The van der Waals surface area contributed by atoms with Gasteiger partial charge in [0.1, 0.15) is 11.3 Å². The third-order valence-electron chi connectivity index (χ3n) is 3.38. The summed E-state index contributed by atoms with van der Waals surface area (Å²) in [6.45, 7) is 0. The van der Waals surface area contributed by atoms with E-state index in [0.717, 1.165) is 16.6 Å². The average molecular weight is 282 g/mol. The summed E-state index contributed by atoms with van der Waals surface area (Å²) in [6.07, 6.45) is 0.645. The number of hydrogen-bond acceptors (Lipinski definition) is 4. The summed E-state index contributed by atoms with van der Waals surface area (Å²) in [4.78, 5) is 11.7. The van der Waals surface area contributed by atoms with Crippen LogP contribution in [0.2, 0.25) is 0 Å². The quantitative estimate of drug-likeness (QED) is 0.724. The largest absolute Gasteiger partial charge is 0.507 e. The van der Waals surface area contributed by atoms with E-state index < -0.39 is 5.97 Å². The number of phenols is 1. The molecule has 3 aromatic rings. The van der Waals surface area contributed by atoms with Crippen molar-refractivity contribution in [3.63, 3.8) is 0 Å². The van der Waals surface area contributed by atoms with Crippen LogP contribution in [0.4, 0.5) is 0 Å². The first-order valence-electron chi connectivity index (χ1n) is 6.51. The lowest BCUT2D eigenvalue weighted by atomic mass is 10.0. The summed E-state index contributed by atoms with van der Waals surface area (Å²) in [5.41, 5.74) is 2.77. The Balaban J connectivity index is 2.06. The Morgan fingerprint density at radius 1 is 1.29 bits per heavy atom. The van der Waals surface area contributed by atoms with Gasteiger partial charge in [0.2, 0.25) is 0 Å². The third-order valence-corrected chi connectivity index (χ3v) is 3.38. The second kappa shape index (κ2) is 5.28. The third kappa shape index (κ3) is 2.45. The van der Waals surface area contributed by atoms with Crippen LogP contribution < -0.4 is 0 Å². The molecule has 106 valence electrons. The molecule has 0 saturated carbocycles. The SMILES string of the molecule is COC(=O)c1cc2c(Cc3ccccc3)n[nH]c2cc1O. The minimum atomic E-state index is -0.568. The number of ether oxygens (including phenoxy) is 1. The molecule has 0 unspecified atom stereocenters. The molecule has 2 aromatic carbocycles. The predicted octanol–water partition coefficient (Wildman–Crippen LogP) is 2.65. The number of fused-ring (bicyclic) bond motifs is 1. The fraction of sp³-hybridized carbons (Fsp3) is 0.125. The molecule has 5 heteroatoms. The summed E-state index contributed by atoms with van der Waals surface area (Å²) >= 11 is 0. The Labute approximate surface area is 121 Å². The lowest BCUT2D eigenvalue weighted by Crippen LogP contribution is -2.01. The average Bonchev–Trinajstić information content (AvgIpc) is 2.88. The topological polar surface area (TPSA) is 75.2 Å². The molecule has 21 heavy (non-hydrogen) atoms. The highest BCUT2D eigenvalue weighted by Crippen LogP contribution is 2.27. The van der Waals surface area contributed by atoms with Crippen molar-refractivity contribution in [1.29, 1.82) is 0 Å². The number of aromatic amines is 1. The van der Waals surface area contributed by atoms with E-state index in [1.165, 1.54) is 13.2 Å². The van der Waals surface area contributed by atoms with Crippen LogP contribution in [0.3, 0.4) is 0 Å². The zero-order valence-electron chi connectivity index (χ0n) is 11.5. The molecule has 0 radical (unpaired) electrons. The monoisotopic (exact) mass is 282 g/mol. The number of nitrogens with zero attached hydrogens (tertiary/aromatic N) is 1. The zero-order valence-corrected chi connectivity index (χ0v) is 11.5. The minimum absolute atomic E-state index is 0.121.